The van der Waals surface area contributed by atoms with Crippen LogP contribution in [0.4, 0.5) is 0 Å². The SMILES string of the molecule is CCOCc1nc(Cl)cc(Sc2cccc(Cl)c2)n1. The Bertz CT molecular complexity index is 566. The van der Waals surface area contributed by atoms with Crippen molar-refractivity contribution in [3.8, 4) is 0 Å². The van der Waals surface area contributed by atoms with E-state index in [1.54, 1.807) is 6.07 Å². The van der Waals surface area contributed by atoms with Gasteiger partial charge in [0.15, 0.2) is 5.82 Å². The Hall–Kier alpha value is -0.810. The second kappa shape index (κ2) is 7.10. The molecule has 0 atom stereocenters. The molecule has 0 amide bonds. The van der Waals surface area contributed by atoms with Gasteiger partial charge in [-0.1, -0.05) is 41.0 Å². The van der Waals surface area contributed by atoms with E-state index in [-0.39, 0.29) is 0 Å². The second-order valence-corrected chi connectivity index (χ2v) is 5.56. The van der Waals surface area contributed by atoms with Crippen molar-refractivity contribution in [2.24, 2.45) is 0 Å². The maximum Gasteiger partial charge on any atom is 0.157 e. The molecule has 3 nitrogen and oxygen atoms in total. The van der Waals surface area contributed by atoms with Crippen molar-refractivity contribution in [1.29, 1.82) is 0 Å². The molecule has 6 heteroatoms. The van der Waals surface area contributed by atoms with Crippen LogP contribution in [0.15, 0.2) is 40.3 Å². The molecule has 0 unspecified atom stereocenters. The predicted octanol–water partition coefficient (Wildman–Crippen LogP) is 4.47. The van der Waals surface area contributed by atoms with Crippen molar-refractivity contribution in [2.75, 3.05) is 6.61 Å². The van der Waals surface area contributed by atoms with Gasteiger partial charge in [0, 0.05) is 22.6 Å². The molecule has 0 aliphatic rings. The molecular formula is C13H12Cl2N2OS. The summed E-state index contributed by atoms with van der Waals surface area (Å²) in [7, 11) is 0. The average molecular weight is 315 g/mol. The number of nitrogens with zero attached hydrogens (tertiary/aromatic N) is 2. The second-order valence-electron chi connectivity index (χ2n) is 3.64. The van der Waals surface area contributed by atoms with Crippen molar-refractivity contribution >= 4 is 35.0 Å². The van der Waals surface area contributed by atoms with E-state index >= 15 is 0 Å². The van der Waals surface area contributed by atoms with Gasteiger partial charge in [-0.25, -0.2) is 9.97 Å². The van der Waals surface area contributed by atoms with Crippen molar-refractivity contribution < 1.29 is 4.74 Å². The molecule has 1 heterocycles. The maximum atomic E-state index is 5.98. The van der Waals surface area contributed by atoms with E-state index in [9.17, 15) is 0 Å². The van der Waals surface area contributed by atoms with Gasteiger partial charge in [0.05, 0.1) is 0 Å². The molecule has 2 aromatic rings. The zero-order valence-corrected chi connectivity index (χ0v) is 12.6. The van der Waals surface area contributed by atoms with Gasteiger partial charge in [0.2, 0.25) is 0 Å². The van der Waals surface area contributed by atoms with Crippen LogP contribution in [0.5, 0.6) is 0 Å². The van der Waals surface area contributed by atoms with Gasteiger partial charge in [0.25, 0.3) is 0 Å². The van der Waals surface area contributed by atoms with E-state index in [0.717, 1.165) is 9.92 Å². The first-order valence-corrected chi connectivity index (χ1v) is 7.29. The Kier molecular flexibility index (Phi) is 5.45. The average Bonchev–Trinajstić information content (AvgIpc) is 2.35. The van der Waals surface area contributed by atoms with E-state index in [4.69, 9.17) is 27.9 Å². The molecule has 0 aliphatic carbocycles. The highest BCUT2D eigenvalue weighted by atomic mass is 35.5. The topological polar surface area (TPSA) is 35.0 Å². The number of hydrogen-bond donors (Lipinski definition) is 0. The molecule has 0 fully saturated rings. The van der Waals surface area contributed by atoms with Gasteiger partial charge in [-0.3, -0.25) is 0 Å². The molecular weight excluding hydrogens is 303 g/mol. The zero-order chi connectivity index (χ0) is 13.7. The summed E-state index contributed by atoms with van der Waals surface area (Å²) in [6.45, 7) is 2.90. The third kappa shape index (κ3) is 4.66. The summed E-state index contributed by atoms with van der Waals surface area (Å²) < 4.78 is 5.28. The molecule has 100 valence electrons. The van der Waals surface area contributed by atoms with E-state index in [0.29, 0.717) is 29.2 Å². The highest BCUT2D eigenvalue weighted by Gasteiger charge is 2.06. The number of ether oxygens (including phenoxy) is 1. The maximum absolute atomic E-state index is 5.98. The van der Waals surface area contributed by atoms with E-state index in [2.05, 4.69) is 9.97 Å². The van der Waals surface area contributed by atoms with Crippen LogP contribution in [0, 0.1) is 0 Å². The molecule has 0 saturated carbocycles. The summed E-state index contributed by atoms with van der Waals surface area (Å²) in [5, 5.41) is 1.88. The van der Waals surface area contributed by atoms with Gasteiger partial charge >= 0.3 is 0 Å². The summed E-state index contributed by atoms with van der Waals surface area (Å²) in [5.41, 5.74) is 0. The van der Waals surface area contributed by atoms with Crippen LogP contribution in [0.3, 0.4) is 0 Å². The molecule has 0 aliphatic heterocycles. The number of halogens is 2. The lowest BCUT2D eigenvalue weighted by atomic mass is 10.4. The Morgan fingerprint density at radius 2 is 2.05 bits per heavy atom. The Balaban J connectivity index is 2.17. The first-order chi connectivity index (χ1) is 9.17. The first-order valence-electron chi connectivity index (χ1n) is 5.72. The number of benzene rings is 1. The van der Waals surface area contributed by atoms with Crippen molar-refractivity contribution in [1.82, 2.24) is 9.97 Å². The third-order valence-electron chi connectivity index (χ3n) is 2.17. The molecule has 1 aromatic heterocycles. The molecule has 2 rings (SSSR count). The quantitative estimate of drug-likeness (QED) is 0.763. The highest BCUT2D eigenvalue weighted by molar-refractivity contribution is 7.99. The summed E-state index contributed by atoms with van der Waals surface area (Å²) >= 11 is 13.4. The molecule has 0 spiro atoms. The standard InChI is InChI=1S/C13H12Cl2N2OS/c1-2-18-8-12-16-11(15)7-13(17-12)19-10-5-3-4-9(14)6-10/h3-7H,2,8H2,1H3. The van der Waals surface area contributed by atoms with Crippen LogP contribution in [-0.4, -0.2) is 16.6 Å². The number of rotatable bonds is 5. The van der Waals surface area contributed by atoms with Crippen molar-refractivity contribution in [3.05, 3.63) is 46.3 Å². The highest BCUT2D eigenvalue weighted by Crippen LogP contribution is 2.29. The van der Waals surface area contributed by atoms with Crippen LogP contribution >= 0.6 is 35.0 Å². The summed E-state index contributed by atoms with van der Waals surface area (Å²) in [6.07, 6.45) is 0. The van der Waals surface area contributed by atoms with Crippen LogP contribution in [0.25, 0.3) is 0 Å². The number of hydrogen-bond acceptors (Lipinski definition) is 4. The van der Waals surface area contributed by atoms with Crippen LogP contribution in [0.1, 0.15) is 12.7 Å². The lowest BCUT2D eigenvalue weighted by Crippen LogP contribution is -2.00. The lowest BCUT2D eigenvalue weighted by molar-refractivity contribution is 0.128. The third-order valence-corrected chi connectivity index (χ3v) is 3.51. The fraction of sp³-hybridized carbons (Fsp3) is 0.231. The summed E-state index contributed by atoms with van der Waals surface area (Å²) in [6, 6.07) is 9.30. The van der Waals surface area contributed by atoms with Gasteiger partial charge in [-0.05, 0) is 25.1 Å². The molecule has 0 radical (unpaired) electrons. The van der Waals surface area contributed by atoms with Crippen LogP contribution in [-0.2, 0) is 11.3 Å². The van der Waals surface area contributed by atoms with Gasteiger partial charge in [-0.2, -0.15) is 0 Å². The normalized spacial score (nSPS) is 10.7. The smallest absolute Gasteiger partial charge is 0.157 e. The minimum Gasteiger partial charge on any atom is -0.374 e. The van der Waals surface area contributed by atoms with Gasteiger partial charge < -0.3 is 4.74 Å². The fourth-order valence-electron chi connectivity index (χ4n) is 1.40. The molecule has 0 N–H and O–H groups in total. The van der Waals surface area contributed by atoms with Crippen molar-refractivity contribution in [3.63, 3.8) is 0 Å². The summed E-state index contributed by atoms with van der Waals surface area (Å²) in [5.74, 6) is 0.582. The zero-order valence-electron chi connectivity index (χ0n) is 10.3. The van der Waals surface area contributed by atoms with E-state index in [1.165, 1.54) is 11.8 Å². The Morgan fingerprint density at radius 1 is 1.21 bits per heavy atom. The largest absolute Gasteiger partial charge is 0.374 e. The monoisotopic (exact) mass is 314 g/mol. The summed E-state index contributed by atoms with van der Waals surface area (Å²) in [4.78, 5) is 9.52. The lowest BCUT2D eigenvalue weighted by Gasteiger charge is -2.05. The molecule has 0 bridgehead atoms. The molecule has 0 saturated heterocycles. The minimum atomic E-state index is 0.361. The first kappa shape index (κ1) is 14.6. The minimum absolute atomic E-state index is 0.361. The Morgan fingerprint density at radius 3 is 2.79 bits per heavy atom. The van der Waals surface area contributed by atoms with Crippen LogP contribution in [0.2, 0.25) is 10.2 Å². The van der Waals surface area contributed by atoms with E-state index < -0.39 is 0 Å². The Labute approximate surface area is 126 Å². The van der Waals surface area contributed by atoms with E-state index in [1.807, 2.05) is 31.2 Å². The fourth-order valence-corrected chi connectivity index (χ4v) is 2.82. The van der Waals surface area contributed by atoms with Gasteiger partial charge in [0.1, 0.15) is 16.8 Å². The predicted molar refractivity (Wildman–Crippen MR) is 77.9 cm³/mol. The number of aromatic nitrogens is 2. The molecule has 1 aromatic carbocycles. The van der Waals surface area contributed by atoms with Crippen molar-refractivity contribution in [2.45, 2.75) is 23.5 Å². The molecule has 19 heavy (non-hydrogen) atoms. The van der Waals surface area contributed by atoms with Gasteiger partial charge in [-0.15, -0.1) is 0 Å². The van der Waals surface area contributed by atoms with Crippen LogP contribution < -0.4 is 0 Å².